The maximum Gasteiger partial charge on any atom is 0.358 e. The van der Waals surface area contributed by atoms with E-state index in [0.29, 0.717) is 5.56 Å². The van der Waals surface area contributed by atoms with Crippen LogP contribution in [0, 0.1) is 5.82 Å². The molecule has 0 saturated carbocycles. The molecule has 0 spiro atoms. The molecule has 27 heavy (non-hydrogen) atoms. The van der Waals surface area contributed by atoms with Crippen LogP contribution >= 0.6 is 0 Å². The lowest BCUT2D eigenvalue weighted by Crippen LogP contribution is -2.17. The predicted molar refractivity (Wildman–Crippen MR) is 97.2 cm³/mol. The van der Waals surface area contributed by atoms with Crippen LogP contribution in [0.4, 0.5) is 10.1 Å². The van der Waals surface area contributed by atoms with Gasteiger partial charge in [0.2, 0.25) is 0 Å². The molecule has 0 amide bonds. The van der Waals surface area contributed by atoms with Crippen molar-refractivity contribution in [3.63, 3.8) is 0 Å². The van der Waals surface area contributed by atoms with Gasteiger partial charge in [-0.15, -0.1) is 0 Å². The van der Waals surface area contributed by atoms with Crippen LogP contribution in [-0.4, -0.2) is 31.3 Å². The zero-order valence-electron chi connectivity index (χ0n) is 14.5. The van der Waals surface area contributed by atoms with Crippen LogP contribution in [-0.2, 0) is 21.8 Å². The summed E-state index contributed by atoms with van der Waals surface area (Å²) >= 11 is 0. The van der Waals surface area contributed by atoms with E-state index < -0.39 is 21.8 Å². The highest BCUT2D eigenvalue weighted by Crippen LogP contribution is 2.32. The van der Waals surface area contributed by atoms with Crippen LogP contribution in [0.1, 0.15) is 10.5 Å². The minimum atomic E-state index is -3.99. The van der Waals surface area contributed by atoms with Crippen molar-refractivity contribution in [1.29, 1.82) is 0 Å². The lowest BCUT2D eigenvalue weighted by Gasteiger charge is -2.10. The number of hydrogen-bond donors (Lipinski definition) is 1. The Labute approximate surface area is 155 Å². The molecule has 0 aliphatic rings. The van der Waals surface area contributed by atoms with Crippen LogP contribution in [0.25, 0.3) is 11.3 Å². The maximum atomic E-state index is 13.3. The van der Waals surface area contributed by atoms with Crippen molar-refractivity contribution in [2.24, 2.45) is 7.05 Å². The number of rotatable bonds is 5. The summed E-state index contributed by atoms with van der Waals surface area (Å²) in [5, 5.41) is 4.22. The number of nitrogens with one attached hydrogen (secondary N) is 1. The van der Waals surface area contributed by atoms with Crippen molar-refractivity contribution in [3.8, 4) is 11.3 Å². The molecule has 0 bridgehead atoms. The predicted octanol–water partition coefficient (Wildman–Crippen LogP) is 2.81. The van der Waals surface area contributed by atoms with Gasteiger partial charge in [-0.1, -0.05) is 18.2 Å². The molecule has 1 aromatic heterocycles. The van der Waals surface area contributed by atoms with Gasteiger partial charge in [-0.2, -0.15) is 5.10 Å². The average Bonchev–Trinajstić information content (AvgIpc) is 2.98. The number of methoxy groups -OCH3 is 1. The van der Waals surface area contributed by atoms with Gasteiger partial charge in [0.1, 0.15) is 17.2 Å². The Morgan fingerprint density at radius 2 is 1.74 bits per heavy atom. The number of anilines is 1. The van der Waals surface area contributed by atoms with Crippen molar-refractivity contribution in [1.82, 2.24) is 9.78 Å². The number of aryl methyl sites for hydroxylation is 1. The molecule has 9 heteroatoms. The van der Waals surface area contributed by atoms with E-state index in [4.69, 9.17) is 4.74 Å². The van der Waals surface area contributed by atoms with E-state index in [-0.39, 0.29) is 22.0 Å². The third-order valence-corrected chi connectivity index (χ3v) is 5.20. The number of ether oxygens (including phenoxy) is 1. The zero-order chi connectivity index (χ0) is 19.6. The van der Waals surface area contributed by atoms with Crippen molar-refractivity contribution in [2.45, 2.75) is 4.90 Å². The van der Waals surface area contributed by atoms with Crippen molar-refractivity contribution >= 4 is 21.7 Å². The average molecular weight is 389 g/mol. The first-order valence-corrected chi connectivity index (χ1v) is 9.31. The highest BCUT2D eigenvalue weighted by atomic mass is 32.2. The Balaban J connectivity index is 2.17. The summed E-state index contributed by atoms with van der Waals surface area (Å²) in [6.07, 6.45) is 0. The Bertz CT molecular complexity index is 1080. The van der Waals surface area contributed by atoms with Crippen molar-refractivity contribution < 1.29 is 22.3 Å². The van der Waals surface area contributed by atoms with Gasteiger partial charge in [-0.25, -0.2) is 17.6 Å². The summed E-state index contributed by atoms with van der Waals surface area (Å²) < 4.78 is 47.1. The molecule has 1 N–H and O–H groups in total. The molecule has 0 aliphatic heterocycles. The SMILES string of the molecule is COC(=O)c1c(NS(=O)(=O)c2ccccc2)c(-c2ccc(F)cc2)nn1C. The number of nitrogens with zero attached hydrogens (tertiary/aromatic N) is 2. The van der Waals surface area contributed by atoms with Gasteiger partial charge in [-0.3, -0.25) is 9.40 Å². The summed E-state index contributed by atoms with van der Waals surface area (Å²) in [4.78, 5) is 12.2. The number of esters is 1. The van der Waals surface area contributed by atoms with Gasteiger partial charge >= 0.3 is 5.97 Å². The van der Waals surface area contributed by atoms with E-state index in [1.807, 2.05) is 0 Å². The molecular formula is C18H16FN3O4S. The van der Waals surface area contributed by atoms with Gasteiger partial charge < -0.3 is 4.74 Å². The molecule has 0 unspecified atom stereocenters. The molecule has 3 rings (SSSR count). The molecule has 0 radical (unpaired) electrons. The maximum absolute atomic E-state index is 13.3. The molecule has 140 valence electrons. The monoisotopic (exact) mass is 389 g/mol. The van der Waals surface area contributed by atoms with E-state index >= 15 is 0 Å². The second-order valence-corrected chi connectivity index (χ2v) is 7.30. The molecule has 0 atom stereocenters. The minimum Gasteiger partial charge on any atom is -0.464 e. The number of carbonyl (C=O) groups excluding carboxylic acids is 1. The zero-order valence-corrected chi connectivity index (χ0v) is 15.3. The largest absolute Gasteiger partial charge is 0.464 e. The summed E-state index contributed by atoms with van der Waals surface area (Å²) in [6.45, 7) is 0. The van der Waals surface area contributed by atoms with E-state index in [2.05, 4.69) is 9.82 Å². The number of aromatic nitrogens is 2. The van der Waals surface area contributed by atoms with E-state index in [1.54, 1.807) is 18.2 Å². The van der Waals surface area contributed by atoms with Gasteiger partial charge in [0, 0.05) is 12.6 Å². The second kappa shape index (κ2) is 7.20. The first kappa shape index (κ1) is 18.6. The summed E-state index contributed by atoms with van der Waals surface area (Å²) in [7, 11) is -1.32. The normalized spacial score (nSPS) is 11.2. The fraction of sp³-hybridized carbons (Fsp3) is 0.111. The van der Waals surface area contributed by atoms with E-state index in [9.17, 15) is 17.6 Å². The second-order valence-electron chi connectivity index (χ2n) is 5.61. The number of halogens is 1. The first-order valence-electron chi connectivity index (χ1n) is 7.82. The van der Waals surface area contributed by atoms with Gasteiger partial charge in [-0.05, 0) is 36.4 Å². The van der Waals surface area contributed by atoms with Crippen LogP contribution in [0.3, 0.4) is 0 Å². The highest BCUT2D eigenvalue weighted by Gasteiger charge is 2.27. The van der Waals surface area contributed by atoms with Crippen molar-refractivity contribution in [2.75, 3.05) is 11.8 Å². The van der Waals surface area contributed by atoms with Crippen LogP contribution in [0.2, 0.25) is 0 Å². The van der Waals surface area contributed by atoms with E-state index in [0.717, 1.165) is 0 Å². The molecular weight excluding hydrogens is 373 g/mol. The molecule has 0 fully saturated rings. The Morgan fingerprint density at radius 3 is 2.33 bits per heavy atom. The van der Waals surface area contributed by atoms with Gasteiger partial charge in [0.25, 0.3) is 10.0 Å². The smallest absolute Gasteiger partial charge is 0.358 e. The molecule has 0 saturated heterocycles. The Hall–Kier alpha value is -3.20. The number of sulfonamides is 1. The first-order chi connectivity index (χ1) is 12.8. The fourth-order valence-electron chi connectivity index (χ4n) is 2.55. The lowest BCUT2D eigenvalue weighted by molar-refractivity contribution is 0.0589. The van der Waals surface area contributed by atoms with E-state index in [1.165, 1.54) is 55.2 Å². The molecule has 7 nitrogen and oxygen atoms in total. The summed E-state index contributed by atoms with van der Waals surface area (Å²) in [5.74, 6) is -1.21. The minimum absolute atomic E-state index is 0.0229. The third kappa shape index (κ3) is 3.68. The lowest BCUT2D eigenvalue weighted by atomic mass is 10.1. The topological polar surface area (TPSA) is 90.3 Å². The van der Waals surface area contributed by atoms with Crippen LogP contribution in [0.5, 0.6) is 0 Å². The molecule has 2 aromatic carbocycles. The molecule has 1 heterocycles. The molecule has 0 aliphatic carbocycles. The summed E-state index contributed by atoms with van der Waals surface area (Å²) in [6, 6.07) is 13.0. The fourth-order valence-corrected chi connectivity index (χ4v) is 3.65. The van der Waals surface area contributed by atoms with Crippen LogP contribution < -0.4 is 4.72 Å². The van der Waals surface area contributed by atoms with Gasteiger partial charge in [0.15, 0.2) is 5.69 Å². The van der Waals surface area contributed by atoms with Crippen molar-refractivity contribution in [3.05, 3.63) is 66.1 Å². The van der Waals surface area contributed by atoms with Crippen LogP contribution in [0.15, 0.2) is 59.5 Å². The standard InChI is InChI=1S/C18H16FN3O4S/c1-22-17(18(23)26-2)16(15(20-22)12-8-10-13(19)11-9-12)21-27(24,25)14-6-4-3-5-7-14/h3-11,21H,1-2H3. The summed E-state index contributed by atoms with van der Waals surface area (Å²) in [5.41, 5.74) is 0.501. The highest BCUT2D eigenvalue weighted by molar-refractivity contribution is 7.92. The van der Waals surface area contributed by atoms with Gasteiger partial charge in [0.05, 0.1) is 12.0 Å². The quantitative estimate of drug-likeness (QED) is 0.678. The Kier molecular flexibility index (Phi) is 4.95. The number of hydrogen-bond acceptors (Lipinski definition) is 5. The Morgan fingerprint density at radius 1 is 1.11 bits per heavy atom. The number of benzene rings is 2. The third-order valence-electron chi connectivity index (χ3n) is 3.83. The molecule has 3 aromatic rings. The number of carbonyl (C=O) groups is 1.